The third kappa shape index (κ3) is 7.36. The van der Waals surface area contributed by atoms with Gasteiger partial charge in [-0.05, 0) is 57.9 Å². The van der Waals surface area contributed by atoms with E-state index in [0.29, 0.717) is 12.3 Å². The molecule has 1 aliphatic rings. The highest BCUT2D eigenvalue weighted by Gasteiger charge is 2.26. The summed E-state index contributed by atoms with van der Waals surface area (Å²) in [5.74, 6) is 0.924. The molecule has 0 atom stereocenters. The smallest absolute Gasteiger partial charge is 0.410 e. The molecule has 4 nitrogen and oxygen atoms in total. The second-order valence-corrected chi connectivity index (χ2v) is 8.63. The van der Waals surface area contributed by atoms with Gasteiger partial charge in [0.2, 0.25) is 0 Å². The molecule has 1 aromatic carbocycles. The number of hydrogen-bond donors (Lipinski definition) is 0. The number of piperidine rings is 1. The van der Waals surface area contributed by atoms with Crippen LogP contribution >= 0.6 is 0 Å². The molecule has 1 saturated heterocycles. The number of likely N-dealkylation sites (tertiary alicyclic amines) is 1. The van der Waals surface area contributed by atoms with Crippen molar-refractivity contribution in [1.82, 2.24) is 4.90 Å². The van der Waals surface area contributed by atoms with Crippen LogP contribution in [0.2, 0.25) is 0 Å². The van der Waals surface area contributed by atoms with E-state index in [-0.39, 0.29) is 11.9 Å². The van der Waals surface area contributed by atoms with E-state index in [9.17, 15) is 9.59 Å². The Morgan fingerprint density at radius 3 is 2.26 bits per heavy atom. The second kappa shape index (κ2) is 9.91. The summed E-state index contributed by atoms with van der Waals surface area (Å²) in [5.41, 5.74) is 1.70. The van der Waals surface area contributed by atoms with Gasteiger partial charge in [0.1, 0.15) is 5.60 Å². The fourth-order valence-electron chi connectivity index (χ4n) is 3.55. The maximum Gasteiger partial charge on any atom is 0.410 e. The van der Waals surface area contributed by atoms with Crippen molar-refractivity contribution in [3.63, 3.8) is 0 Å². The van der Waals surface area contributed by atoms with Gasteiger partial charge in [-0.25, -0.2) is 4.79 Å². The van der Waals surface area contributed by atoms with Gasteiger partial charge in [0.05, 0.1) is 0 Å². The zero-order valence-corrected chi connectivity index (χ0v) is 17.4. The van der Waals surface area contributed by atoms with Crippen molar-refractivity contribution < 1.29 is 14.3 Å². The number of carbonyl (C=O) groups excluding carboxylic acids is 2. The molecule has 0 saturated carbocycles. The minimum Gasteiger partial charge on any atom is -0.444 e. The van der Waals surface area contributed by atoms with Gasteiger partial charge in [-0.15, -0.1) is 0 Å². The molecule has 0 aliphatic carbocycles. The molecular formula is C23H35NO3. The topological polar surface area (TPSA) is 46.6 Å². The molecule has 150 valence electrons. The van der Waals surface area contributed by atoms with Crippen LogP contribution in [0.1, 0.15) is 82.1 Å². The lowest BCUT2D eigenvalue weighted by atomic mass is 9.91. The lowest BCUT2D eigenvalue weighted by Crippen LogP contribution is -2.41. The van der Waals surface area contributed by atoms with Crippen LogP contribution < -0.4 is 0 Å². The summed E-state index contributed by atoms with van der Waals surface area (Å²) >= 11 is 0. The van der Waals surface area contributed by atoms with E-state index in [4.69, 9.17) is 4.74 Å². The predicted octanol–water partition coefficient (Wildman–Crippen LogP) is 5.64. The van der Waals surface area contributed by atoms with Crippen LogP contribution in [-0.2, 0) is 11.2 Å². The molecular weight excluding hydrogens is 338 g/mol. The molecule has 1 fully saturated rings. The first-order valence-corrected chi connectivity index (χ1v) is 10.4. The molecule has 27 heavy (non-hydrogen) atoms. The number of ketones is 1. The van der Waals surface area contributed by atoms with Gasteiger partial charge >= 0.3 is 6.09 Å². The van der Waals surface area contributed by atoms with Crippen molar-refractivity contribution >= 4 is 11.9 Å². The lowest BCUT2D eigenvalue weighted by molar-refractivity contribution is 0.0180. The number of Topliss-reactive ketones (excluding diaryl/α,β-unsaturated/α-hetero) is 1. The van der Waals surface area contributed by atoms with E-state index in [1.165, 1.54) is 24.8 Å². The van der Waals surface area contributed by atoms with E-state index < -0.39 is 5.60 Å². The number of ether oxygens (including phenoxy) is 1. The third-order valence-electron chi connectivity index (χ3n) is 5.19. The average molecular weight is 374 g/mol. The van der Waals surface area contributed by atoms with Crippen molar-refractivity contribution in [3.8, 4) is 0 Å². The average Bonchev–Trinajstić information content (AvgIpc) is 2.64. The van der Waals surface area contributed by atoms with Crippen molar-refractivity contribution in [2.24, 2.45) is 5.92 Å². The summed E-state index contributed by atoms with van der Waals surface area (Å²) in [7, 11) is 0. The maximum absolute atomic E-state index is 12.1. The van der Waals surface area contributed by atoms with Gasteiger partial charge in [0.15, 0.2) is 5.78 Å². The largest absolute Gasteiger partial charge is 0.444 e. The third-order valence-corrected chi connectivity index (χ3v) is 5.19. The van der Waals surface area contributed by atoms with Crippen LogP contribution in [0.15, 0.2) is 24.3 Å². The van der Waals surface area contributed by atoms with Gasteiger partial charge in [-0.1, -0.05) is 44.0 Å². The Labute approximate surface area is 164 Å². The minimum atomic E-state index is -0.421. The second-order valence-electron chi connectivity index (χ2n) is 8.63. The molecule has 0 unspecified atom stereocenters. The Kier molecular flexibility index (Phi) is 7.88. The first-order valence-electron chi connectivity index (χ1n) is 10.4. The van der Waals surface area contributed by atoms with Gasteiger partial charge in [-0.3, -0.25) is 4.79 Å². The fourth-order valence-corrected chi connectivity index (χ4v) is 3.55. The summed E-state index contributed by atoms with van der Waals surface area (Å²) < 4.78 is 5.46. The van der Waals surface area contributed by atoms with Crippen LogP contribution in [0.25, 0.3) is 0 Å². The number of nitrogens with zero attached hydrogens (tertiary/aromatic N) is 1. The van der Waals surface area contributed by atoms with Gasteiger partial charge in [0, 0.05) is 25.1 Å². The highest BCUT2D eigenvalue weighted by atomic mass is 16.6. The molecule has 0 radical (unpaired) electrons. The number of carbonyl (C=O) groups is 2. The number of hydrogen-bond acceptors (Lipinski definition) is 3. The maximum atomic E-state index is 12.1. The number of benzene rings is 1. The molecule has 0 N–H and O–H groups in total. The monoisotopic (exact) mass is 373 g/mol. The van der Waals surface area contributed by atoms with E-state index in [0.717, 1.165) is 37.9 Å². The molecule has 1 heterocycles. The normalized spacial score (nSPS) is 15.6. The van der Waals surface area contributed by atoms with Crippen molar-refractivity contribution in [1.29, 1.82) is 0 Å². The fraction of sp³-hybridized carbons (Fsp3) is 0.652. The predicted molar refractivity (Wildman–Crippen MR) is 109 cm³/mol. The molecule has 0 bridgehead atoms. The van der Waals surface area contributed by atoms with Crippen LogP contribution in [0, 0.1) is 5.92 Å². The molecule has 1 aromatic rings. The zero-order chi connectivity index (χ0) is 19.9. The van der Waals surface area contributed by atoms with Crippen molar-refractivity contribution in [3.05, 3.63) is 35.4 Å². The van der Waals surface area contributed by atoms with E-state index in [1.54, 1.807) is 0 Å². The zero-order valence-electron chi connectivity index (χ0n) is 17.4. The number of amides is 1. The first-order chi connectivity index (χ1) is 12.8. The quantitative estimate of drug-likeness (QED) is 0.459. The Hall–Kier alpha value is -1.84. The van der Waals surface area contributed by atoms with E-state index in [2.05, 4.69) is 12.1 Å². The molecule has 0 aromatic heterocycles. The Balaban J connectivity index is 1.63. The number of rotatable bonds is 7. The summed E-state index contributed by atoms with van der Waals surface area (Å²) in [6.45, 7) is 9.25. The van der Waals surface area contributed by atoms with Crippen LogP contribution in [0.3, 0.4) is 0 Å². The van der Waals surface area contributed by atoms with Crippen molar-refractivity contribution in [2.75, 3.05) is 13.1 Å². The van der Waals surface area contributed by atoms with Crippen molar-refractivity contribution in [2.45, 2.75) is 78.2 Å². The van der Waals surface area contributed by atoms with Gasteiger partial charge in [-0.2, -0.15) is 0 Å². The Morgan fingerprint density at radius 1 is 1.07 bits per heavy atom. The van der Waals surface area contributed by atoms with Crippen LogP contribution in [0.5, 0.6) is 0 Å². The molecule has 1 amide bonds. The lowest BCUT2D eigenvalue weighted by Gasteiger charge is -2.33. The minimum absolute atomic E-state index is 0.175. The van der Waals surface area contributed by atoms with E-state index >= 15 is 0 Å². The molecule has 4 heteroatoms. The number of aryl methyl sites for hydroxylation is 1. The molecule has 1 aliphatic heterocycles. The summed E-state index contributed by atoms with van der Waals surface area (Å²) in [6, 6.07) is 8.07. The first kappa shape index (κ1) is 21.5. The Bertz CT molecular complexity index is 608. The van der Waals surface area contributed by atoms with Gasteiger partial charge < -0.3 is 9.64 Å². The van der Waals surface area contributed by atoms with Crippen LogP contribution in [-0.4, -0.2) is 35.5 Å². The summed E-state index contributed by atoms with van der Waals surface area (Å²) in [5, 5.41) is 0. The number of unbranched alkanes of at least 4 members (excludes halogenated alkanes) is 1. The molecule has 0 spiro atoms. The van der Waals surface area contributed by atoms with E-state index in [1.807, 2.05) is 44.7 Å². The summed E-state index contributed by atoms with van der Waals surface area (Å²) in [6.07, 6.45) is 7.23. The Morgan fingerprint density at radius 2 is 1.70 bits per heavy atom. The van der Waals surface area contributed by atoms with Gasteiger partial charge in [0.25, 0.3) is 0 Å². The standard InChI is InChI=1S/C23H35NO3/c1-5-21(25)20-12-10-18(11-13-20)8-6-7-9-19-14-16-24(17-15-19)22(26)27-23(2,3)4/h10-13,19H,5-9,14-17H2,1-4H3. The molecule has 2 rings (SSSR count). The summed E-state index contributed by atoms with van der Waals surface area (Å²) in [4.78, 5) is 25.6. The van der Waals surface area contributed by atoms with Crippen LogP contribution in [0.4, 0.5) is 4.79 Å². The highest BCUT2D eigenvalue weighted by molar-refractivity contribution is 5.95. The SMILES string of the molecule is CCC(=O)c1ccc(CCCCC2CCN(C(=O)OC(C)(C)C)CC2)cc1. The highest BCUT2D eigenvalue weighted by Crippen LogP contribution is 2.24.